The average molecular weight is 273 g/mol. The number of nitrogens with two attached hydrogens (primary N) is 1. The lowest BCUT2D eigenvalue weighted by atomic mass is 10.1. The Bertz CT molecular complexity index is 823. The molecular formula is C18H15N3. The van der Waals surface area contributed by atoms with Gasteiger partial charge in [0, 0.05) is 17.4 Å². The van der Waals surface area contributed by atoms with Gasteiger partial charge >= 0.3 is 0 Å². The third kappa shape index (κ3) is 2.17. The van der Waals surface area contributed by atoms with Gasteiger partial charge in [-0.2, -0.15) is 5.26 Å². The van der Waals surface area contributed by atoms with E-state index in [0.717, 1.165) is 22.4 Å². The van der Waals surface area contributed by atoms with Gasteiger partial charge < -0.3 is 10.3 Å². The predicted octanol–water partition coefficient (Wildman–Crippen LogP) is 3.91. The first-order valence-corrected chi connectivity index (χ1v) is 6.74. The normalized spacial score (nSPS) is 10.3. The Kier molecular flexibility index (Phi) is 3.21. The first-order chi connectivity index (χ1) is 10.2. The van der Waals surface area contributed by atoms with Crippen LogP contribution in [0.1, 0.15) is 11.1 Å². The molecule has 0 aliphatic rings. The maximum absolute atomic E-state index is 9.45. The molecule has 102 valence electrons. The predicted molar refractivity (Wildman–Crippen MR) is 85.1 cm³/mol. The number of hydrogen-bond donors (Lipinski definition) is 1. The molecule has 0 spiro atoms. The Hall–Kier alpha value is -2.99. The summed E-state index contributed by atoms with van der Waals surface area (Å²) < 4.78 is 1.89. The lowest BCUT2D eigenvalue weighted by Gasteiger charge is -2.08. The number of rotatable bonds is 2. The SMILES string of the molecule is Cc1ccccc1-n1cc(-c2ccccc2)c(C#N)c1N. The fraction of sp³-hybridized carbons (Fsp3) is 0.0556. The average Bonchev–Trinajstić information content (AvgIpc) is 2.85. The zero-order valence-corrected chi connectivity index (χ0v) is 11.7. The molecule has 2 N–H and O–H groups in total. The van der Waals surface area contributed by atoms with Crippen molar-refractivity contribution in [1.82, 2.24) is 4.57 Å². The summed E-state index contributed by atoms with van der Waals surface area (Å²) in [6.45, 7) is 2.03. The van der Waals surface area contributed by atoms with Crippen molar-refractivity contribution in [2.45, 2.75) is 6.92 Å². The second kappa shape index (κ2) is 5.18. The Morgan fingerprint density at radius 1 is 1.00 bits per heavy atom. The number of benzene rings is 2. The molecule has 0 saturated carbocycles. The number of nitrogens with zero attached hydrogens (tertiary/aromatic N) is 2. The van der Waals surface area contributed by atoms with Crippen molar-refractivity contribution in [1.29, 1.82) is 5.26 Å². The maximum atomic E-state index is 9.45. The quantitative estimate of drug-likeness (QED) is 0.769. The van der Waals surface area contributed by atoms with E-state index in [4.69, 9.17) is 5.73 Å². The van der Waals surface area contributed by atoms with Gasteiger partial charge in [-0.1, -0.05) is 48.5 Å². The summed E-state index contributed by atoms with van der Waals surface area (Å²) in [6, 6.07) is 20.1. The van der Waals surface area contributed by atoms with Gasteiger partial charge in [-0.25, -0.2) is 0 Å². The smallest absolute Gasteiger partial charge is 0.126 e. The van der Waals surface area contributed by atoms with Crippen molar-refractivity contribution >= 4 is 5.82 Å². The van der Waals surface area contributed by atoms with Crippen molar-refractivity contribution in [3.8, 4) is 22.9 Å². The number of aryl methyl sites for hydroxylation is 1. The Labute approximate surface area is 123 Å². The monoisotopic (exact) mass is 273 g/mol. The number of anilines is 1. The summed E-state index contributed by atoms with van der Waals surface area (Å²) in [6.07, 6.45) is 1.94. The van der Waals surface area contributed by atoms with Crippen molar-refractivity contribution in [3.05, 3.63) is 71.9 Å². The second-order valence-corrected chi connectivity index (χ2v) is 4.94. The summed E-state index contributed by atoms with van der Waals surface area (Å²) in [4.78, 5) is 0. The standard InChI is InChI=1S/C18H15N3/c1-13-7-5-6-10-17(13)21-12-16(15(11-19)18(21)20)14-8-3-2-4-9-14/h2-10,12H,20H2,1H3. The van der Waals surface area contributed by atoms with Gasteiger partial charge in [-0.05, 0) is 24.1 Å². The van der Waals surface area contributed by atoms with Gasteiger partial charge in [0.1, 0.15) is 17.5 Å². The van der Waals surface area contributed by atoms with Crippen LogP contribution in [-0.4, -0.2) is 4.57 Å². The summed E-state index contributed by atoms with van der Waals surface area (Å²) in [5, 5.41) is 9.45. The minimum atomic E-state index is 0.477. The highest BCUT2D eigenvalue weighted by molar-refractivity contribution is 5.78. The molecule has 21 heavy (non-hydrogen) atoms. The first-order valence-electron chi connectivity index (χ1n) is 6.74. The van der Waals surface area contributed by atoms with Crippen LogP contribution < -0.4 is 5.73 Å². The van der Waals surface area contributed by atoms with Gasteiger partial charge in [0.05, 0.1) is 0 Å². The fourth-order valence-corrected chi connectivity index (χ4v) is 2.51. The molecule has 3 aromatic rings. The number of nitrogen functional groups attached to an aromatic ring is 1. The van der Waals surface area contributed by atoms with Gasteiger partial charge in [0.15, 0.2) is 0 Å². The minimum Gasteiger partial charge on any atom is -0.384 e. The fourth-order valence-electron chi connectivity index (χ4n) is 2.51. The number of aromatic nitrogens is 1. The molecule has 1 aromatic heterocycles. The van der Waals surface area contributed by atoms with Gasteiger partial charge in [-0.3, -0.25) is 0 Å². The van der Waals surface area contributed by atoms with E-state index in [1.54, 1.807) is 0 Å². The topological polar surface area (TPSA) is 54.7 Å². The molecule has 0 bridgehead atoms. The third-order valence-corrected chi connectivity index (χ3v) is 3.61. The maximum Gasteiger partial charge on any atom is 0.126 e. The molecule has 0 aliphatic heterocycles. The van der Waals surface area contributed by atoms with Gasteiger partial charge in [0.25, 0.3) is 0 Å². The molecule has 0 fully saturated rings. The number of hydrogen-bond acceptors (Lipinski definition) is 2. The van der Waals surface area contributed by atoms with Crippen LogP contribution in [0.15, 0.2) is 60.8 Å². The van der Waals surface area contributed by atoms with E-state index in [0.29, 0.717) is 11.4 Å². The molecule has 0 unspecified atom stereocenters. The Morgan fingerprint density at radius 2 is 1.67 bits per heavy atom. The van der Waals surface area contributed by atoms with Crippen LogP contribution in [0, 0.1) is 18.3 Å². The molecule has 0 radical (unpaired) electrons. The Balaban J connectivity index is 2.25. The van der Waals surface area contributed by atoms with Crippen LogP contribution in [0.5, 0.6) is 0 Å². The third-order valence-electron chi connectivity index (χ3n) is 3.61. The first kappa shape index (κ1) is 13.0. The molecule has 0 saturated heterocycles. The second-order valence-electron chi connectivity index (χ2n) is 4.94. The summed E-state index contributed by atoms with van der Waals surface area (Å²) in [5.74, 6) is 0.477. The molecule has 3 nitrogen and oxygen atoms in total. The highest BCUT2D eigenvalue weighted by atomic mass is 15.0. The highest BCUT2D eigenvalue weighted by Crippen LogP contribution is 2.32. The zero-order chi connectivity index (χ0) is 14.8. The molecule has 1 heterocycles. The molecule has 3 heteroatoms. The lowest BCUT2D eigenvalue weighted by Crippen LogP contribution is -2.01. The van der Waals surface area contributed by atoms with Crippen LogP contribution in [-0.2, 0) is 0 Å². The van der Waals surface area contributed by atoms with E-state index < -0.39 is 0 Å². The van der Waals surface area contributed by atoms with Crippen LogP contribution in [0.25, 0.3) is 16.8 Å². The van der Waals surface area contributed by atoms with Crippen LogP contribution in [0.3, 0.4) is 0 Å². The molecule has 0 aliphatic carbocycles. The zero-order valence-electron chi connectivity index (χ0n) is 11.7. The molecular weight excluding hydrogens is 258 g/mol. The molecule has 2 aromatic carbocycles. The van der Waals surface area contributed by atoms with Crippen molar-refractivity contribution in [3.63, 3.8) is 0 Å². The van der Waals surface area contributed by atoms with Crippen LogP contribution in [0.2, 0.25) is 0 Å². The minimum absolute atomic E-state index is 0.477. The summed E-state index contributed by atoms with van der Waals surface area (Å²) in [5.41, 5.74) is 10.7. The summed E-state index contributed by atoms with van der Waals surface area (Å²) >= 11 is 0. The van der Waals surface area contributed by atoms with E-state index in [2.05, 4.69) is 6.07 Å². The van der Waals surface area contributed by atoms with Gasteiger partial charge in [0.2, 0.25) is 0 Å². The van der Waals surface area contributed by atoms with E-state index in [-0.39, 0.29) is 0 Å². The van der Waals surface area contributed by atoms with Crippen molar-refractivity contribution in [2.24, 2.45) is 0 Å². The number of para-hydroxylation sites is 1. The molecule has 0 atom stereocenters. The summed E-state index contributed by atoms with van der Waals surface area (Å²) in [7, 11) is 0. The van der Waals surface area contributed by atoms with E-state index in [9.17, 15) is 5.26 Å². The highest BCUT2D eigenvalue weighted by Gasteiger charge is 2.16. The largest absolute Gasteiger partial charge is 0.384 e. The van der Waals surface area contributed by atoms with Crippen LogP contribution in [0.4, 0.5) is 5.82 Å². The molecule has 0 amide bonds. The Morgan fingerprint density at radius 3 is 2.33 bits per heavy atom. The van der Waals surface area contributed by atoms with E-state index in [1.807, 2.05) is 72.3 Å². The van der Waals surface area contributed by atoms with Crippen molar-refractivity contribution in [2.75, 3.05) is 5.73 Å². The van der Waals surface area contributed by atoms with Crippen molar-refractivity contribution < 1.29 is 0 Å². The van der Waals surface area contributed by atoms with Gasteiger partial charge in [-0.15, -0.1) is 0 Å². The van der Waals surface area contributed by atoms with E-state index in [1.165, 1.54) is 0 Å². The lowest BCUT2D eigenvalue weighted by molar-refractivity contribution is 1.07. The van der Waals surface area contributed by atoms with E-state index >= 15 is 0 Å². The van der Waals surface area contributed by atoms with Crippen LogP contribution >= 0.6 is 0 Å². The molecule has 3 rings (SSSR count). The number of nitriles is 1.